The molecule has 0 bridgehead atoms. The highest BCUT2D eigenvalue weighted by Crippen LogP contribution is 2.19. The summed E-state index contributed by atoms with van der Waals surface area (Å²) in [6.45, 7) is 9.92. The molecule has 0 saturated carbocycles. The Morgan fingerprint density at radius 1 is 1.32 bits per heavy atom. The minimum atomic E-state index is 0.772. The number of hydrogen-bond acceptors (Lipinski definition) is 3. The summed E-state index contributed by atoms with van der Waals surface area (Å²) in [7, 11) is 0. The normalized spacial score (nSPS) is 20.3. The van der Waals surface area contributed by atoms with E-state index < -0.39 is 0 Å². The van der Waals surface area contributed by atoms with Gasteiger partial charge in [-0.3, -0.25) is 4.90 Å². The highest BCUT2D eigenvalue weighted by atomic mass is 15.2. The predicted octanol–water partition coefficient (Wildman–Crippen LogP) is 1.79. The first-order valence-electron chi connectivity index (χ1n) is 7.50. The first-order valence-corrected chi connectivity index (χ1v) is 7.50. The molecular weight excluding hydrogens is 234 g/mol. The topological polar surface area (TPSA) is 32.5 Å². The van der Waals surface area contributed by atoms with Gasteiger partial charge in [0.15, 0.2) is 0 Å². The smallest absolute Gasteiger partial charge is 0.0233 e. The van der Waals surface area contributed by atoms with Gasteiger partial charge in [-0.2, -0.15) is 0 Å². The molecule has 1 atom stereocenters. The SMILES string of the molecule is CCN(CCN)C[C@@H]1CCN(Cc2ccccc2)C1. The van der Waals surface area contributed by atoms with Crippen molar-refractivity contribution < 1.29 is 0 Å². The number of hydrogen-bond donors (Lipinski definition) is 1. The molecule has 0 amide bonds. The Bertz CT molecular complexity index is 352. The molecular formula is C16H27N3. The van der Waals surface area contributed by atoms with Gasteiger partial charge in [0.2, 0.25) is 0 Å². The van der Waals surface area contributed by atoms with Crippen LogP contribution in [0.3, 0.4) is 0 Å². The minimum absolute atomic E-state index is 0.772. The quantitative estimate of drug-likeness (QED) is 0.812. The van der Waals surface area contributed by atoms with E-state index in [0.29, 0.717) is 0 Å². The van der Waals surface area contributed by atoms with Crippen LogP contribution in [0.25, 0.3) is 0 Å². The van der Waals surface area contributed by atoms with Crippen LogP contribution in [0.5, 0.6) is 0 Å². The van der Waals surface area contributed by atoms with E-state index in [0.717, 1.165) is 32.1 Å². The molecule has 0 radical (unpaired) electrons. The maximum atomic E-state index is 5.66. The van der Waals surface area contributed by atoms with Crippen LogP contribution in [0.4, 0.5) is 0 Å². The van der Waals surface area contributed by atoms with E-state index in [1.165, 1.54) is 31.6 Å². The van der Waals surface area contributed by atoms with Gasteiger partial charge in [-0.1, -0.05) is 37.3 Å². The van der Waals surface area contributed by atoms with Crippen molar-refractivity contribution in [3.05, 3.63) is 35.9 Å². The summed E-state index contributed by atoms with van der Waals surface area (Å²) < 4.78 is 0. The summed E-state index contributed by atoms with van der Waals surface area (Å²) >= 11 is 0. The molecule has 1 saturated heterocycles. The molecule has 2 rings (SSSR count). The predicted molar refractivity (Wildman–Crippen MR) is 81.0 cm³/mol. The van der Waals surface area contributed by atoms with Crippen molar-refractivity contribution in [2.24, 2.45) is 11.7 Å². The summed E-state index contributed by atoms with van der Waals surface area (Å²) in [5.74, 6) is 0.815. The Kier molecular flexibility index (Phi) is 5.83. The molecule has 1 fully saturated rings. The van der Waals surface area contributed by atoms with E-state index in [4.69, 9.17) is 5.73 Å². The van der Waals surface area contributed by atoms with Crippen molar-refractivity contribution in [3.63, 3.8) is 0 Å². The molecule has 1 aliphatic heterocycles. The first kappa shape index (κ1) is 14.5. The molecule has 3 heteroatoms. The van der Waals surface area contributed by atoms with Crippen molar-refractivity contribution in [2.45, 2.75) is 19.9 Å². The molecule has 19 heavy (non-hydrogen) atoms. The van der Waals surface area contributed by atoms with Gasteiger partial charge >= 0.3 is 0 Å². The Hall–Kier alpha value is -0.900. The van der Waals surface area contributed by atoms with E-state index in [1.54, 1.807) is 0 Å². The zero-order chi connectivity index (χ0) is 13.5. The molecule has 1 heterocycles. The van der Waals surface area contributed by atoms with Gasteiger partial charge in [0.05, 0.1) is 0 Å². The number of benzene rings is 1. The Morgan fingerprint density at radius 2 is 2.11 bits per heavy atom. The fourth-order valence-corrected chi connectivity index (χ4v) is 2.97. The standard InChI is InChI=1S/C16H27N3/c1-2-18(11-9-17)13-16-8-10-19(14-16)12-15-6-4-3-5-7-15/h3-7,16H,2,8-14,17H2,1H3/t16-/m0/s1. The molecule has 2 N–H and O–H groups in total. The van der Waals surface area contributed by atoms with Crippen molar-refractivity contribution in [1.82, 2.24) is 9.80 Å². The second-order valence-electron chi connectivity index (χ2n) is 5.56. The average Bonchev–Trinajstić information content (AvgIpc) is 2.86. The van der Waals surface area contributed by atoms with Crippen molar-refractivity contribution in [2.75, 3.05) is 39.3 Å². The highest BCUT2D eigenvalue weighted by Gasteiger charge is 2.23. The number of likely N-dealkylation sites (tertiary alicyclic amines) is 1. The van der Waals surface area contributed by atoms with Gasteiger partial charge in [0, 0.05) is 32.7 Å². The molecule has 1 aliphatic rings. The zero-order valence-electron chi connectivity index (χ0n) is 12.1. The molecule has 1 aromatic carbocycles. The highest BCUT2D eigenvalue weighted by molar-refractivity contribution is 5.14. The van der Waals surface area contributed by atoms with Crippen molar-refractivity contribution in [1.29, 1.82) is 0 Å². The van der Waals surface area contributed by atoms with Crippen molar-refractivity contribution in [3.8, 4) is 0 Å². The molecule has 0 aliphatic carbocycles. The van der Waals surface area contributed by atoms with Gasteiger partial charge in [-0.05, 0) is 31.0 Å². The molecule has 0 aromatic heterocycles. The van der Waals surface area contributed by atoms with Crippen LogP contribution in [0.1, 0.15) is 18.9 Å². The lowest BCUT2D eigenvalue weighted by Crippen LogP contribution is -2.34. The fourth-order valence-electron chi connectivity index (χ4n) is 2.97. The van der Waals surface area contributed by atoms with Crippen LogP contribution in [0, 0.1) is 5.92 Å². The fraction of sp³-hybridized carbons (Fsp3) is 0.625. The molecule has 0 unspecified atom stereocenters. The van der Waals surface area contributed by atoms with Crippen LogP contribution in [0.2, 0.25) is 0 Å². The molecule has 3 nitrogen and oxygen atoms in total. The summed E-state index contributed by atoms with van der Waals surface area (Å²) in [5.41, 5.74) is 7.08. The van der Waals surface area contributed by atoms with Gasteiger partial charge in [-0.15, -0.1) is 0 Å². The summed E-state index contributed by atoms with van der Waals surface area (Å²) in [6, 6.07) is 10.8. The van der Waals surface area contributed by atoms with Crippen LogP contribution in [-0.2, 0) is 6.54 Å². The van der Waals surface area contributed by atoms with Gasteiger partial charge in [0.25, 0.3) is 0 Å². The Balaban J connectivity index is 1.76. The monoisotopic (exact) mass is 261 g/mol. The lowest BCUT2D eigenvalue weighted by atomic mass is 10.1. The van der Waals surface area contributed by atoms with E-state index in [2.05, 4.69) is 47.1 Å². The van der Waals surface area contributed by atoms with Crippen molar-refractivity contribution >= 4 is 0 Å². The van der Waals surface area contributed by atoms with Crippen LogP contribution in [-0.4, -0.2) is 49.1 Å². The van der Waals surface area contributed by atoms with Crippen LogP contribution in [0.15, 0.2) is 30.3 Å². The molecule has 1 aromatic rings. The summed E-state index contributed by atoms with van der Waals surface area (Å²) in [6.07, 6.45) is 1.33. The summed E-state index contributed by atoms with van der Waals surface area (Å²) in [4.78, 5) is 5.06. The third kappa shape index (κ3) is 4.60. The number of nitrogens with zero attached hydrogens (tertiary/aromatic N) is 2. The Morgan fingerprint density at radius 3 is 2.79 bits per heavy atom. The average molecular weight is 261 g/mol. The number of nitrogens with two attached hydrogens (primary N) is 1. The number of rotatable bonds is 7. The third-order valence-corrected chi connectivity index (χ3v) is 4.03. The molecule has 106 valence electrons. The van der Waals surface area contributed by atoms with E-state index >= 15 is 0 Å². The van der Waals surface area contributed by atoms with E-state index in [1.807, 2.05) is 0 Å². The van der Waals surface area contributed by atoms with E-state index in [9.17, 15) is 0 Å². The molecule has 0 spiro atoms. The summed E-state index contributed by atoms with van der Waals surface area (Å²) in [5, 5.41) is 0. The Labute approximate surface area is 117 Å². The van der Waals surface area contributed by atoms with E-state index in [-0.39, 0.29) is 0 Å². The number of likely N-dealkylation sites (N-methyl/N-ethyl adjacent to an activating group) is 1. The lowest BCUT2D eigenvalue weighted by Gasteiger charge is -2.23. The second-order valence-corrected chi connectivity index (χ2v) is 5.56. The van der Waals surface area contributed by atoms with Crippen LogP contribution >= 0.6 is 0 Å². The maximum Gasteiger partial charge on any atom is 0.0233 e. The van der Waals surface area contributed by atoms with Gasteiger partial charge in [0.1, 0.15) is 0 Å². The lowest BCUT2D eigenvalue weighted by molar-refractivity contribution is 0.238. The van der Waals surface area contributed by atoms with Crippen LogP contribution < -0.4 is 5.73 Å². The second kappa shape index (κ2) is 7.63. The zero-order valence-corrected chi connectivity index (χ0v) is 12.1. The van der Waals surface area contributed by atoms with Gasteiger partial charge < -0.3 is 10.6 Å². The van der Waals surface area contributed by atoms with Gasteiger partial charge in [-0.25, -0.2) is 0 Å². The largest absolute Gasteiger partial charge is 0.329 e. The minimum Gasteiger partial charge on any atom is -0.329 e. The first-order chi connectivity index (χ1) is 9.31. The maximum absolute atomic E-state index is 5.66. The third-order valence-electron chi connectivity index (χ3n) is 4.03.